The Morgan fingerprint density at radius 1 is 1.18 bits per heavy atom. The quantitative estimate of drug-likeness (QED) is 0.742. The van der Waals surface area contributed by atoms with Crippen LogP contribution in [0, 0.1) is 6.92 Å². The molecule has 0 bridgehead atoms. The molecule has 22 heavy (non-hydrogen) atoms. The molecule has 2 amide bonds. The van der Waals surface area contributed by atoms with Gasteiger partial charge in [-0.05, 0) is 12.5 Å². The predicted molar refractivity (Wildman–Crippen MR) is 82.0 cm³/mol. The summed E-state index contributed by atoms with van der Waals surface area (Å²) in [6.07, 6.45) is 0.237. The molecule has 1 aromatic rings. The lowest BCUT2D eigenvalue weighted by Gasteiger charge is -2.18. The highest BCUT2D eigenvalue weighted by molar-refractivity contribution is 5.79. The number of benzene rings is 1. The number of aryl methyl sites for hydroxylation is 1. The van der Waals surface area contributed by atoms with Gasteiger partial charge in [0.25, 0.3) is 0 Å². The lowest BCUT2D eigenvalue weighted by Crippen LogP contribution is -2.33. The Morgan fingerprint density at radius 3 is 2.36 bits per heavy atom. The highest BCUT2D eigenvalue weighted by Crippen LogP contribution is 2.17. The van der Waals surface area contributed by atoms with E-state index >= 15 is 0 Å². The molecule has 0 heterocycles. The topological polar surface area (TPSA) is 84.5 Å². The van der Waals surface area contributed by atoms with E-state index in [1.807, 2.05) is 31.2 Å². The Balaban J connectivity index is 2.61. The first-order valence-corrected chi connectivity index (χ1v) is 7.09. The number of amides is 2. The number of methoxy groups -OCH3 is 1. The molecule has 0 aliphatic heterocycles. The lowest BCUT2D eigenvalue weighted by molar-refractivity contribution is -0.140. The monoisotopic (exact) mass is 306 g/mol. The van der Waals surface area contributed by atoms with Crippen molar-refractivity contribution < 1.29 is 19.1 Å². The Kier molecular flexibility index (Phi) is 7.08. The zero-order valence-electron chi connectivity index (χ0n) is 13.1. The second-order valence-corrected chi connectivity index (χ2v) is 5.04. The fourth-order valence-corrected chi connectivity index (χ4v) is 1.96. The van der Waals surface area contributed by atoms with Gasteiger partial charge in [-0.3, -0.25) is 14.4 Å². The average molecular weight is 306 g/mol. The predicted octanol–water partition coefficient (Wildman–Crippen LogP) is 1.24. The van der Waals surface area contributed by atoms with Crippen LogP contribution in [0.25, 0.3) is 0 Å². The molecule has 120 valence electrons. The van der Waals surface area contributed by atoms with Crippen LogP contribution < -0.4 is 10.6 Å². The van der Waals surface area contributed by atoms with Crippen molar-refractivity contribution in [3.63, 3.8) is 0 Å². The second-order valence-electron chi connectivity index (χ2n) is 5.04. The third-order valence-corrected chi connectivity index (χ3v) is 3.13. The van der Waals surface area contributed by atoms with E-state index in [-0.39, 0.29) is 37.2 Å². The SMILES string of the molecule is COC(=O)CCNC(=O)CC(NC(C)=O)c1ccc(C)cc1. The molecule has 6 heteroatoms. The summed E-state index contributed by atoms with van der Waals surface area (Å²) in [4.78, 5) is 34.2. The van der Waals surface area contributed by atoms with Gasteiger partial charge in [-0.15, -0.1) is 0 Å². The van der Waals surface area contributed by atoms with Crippen molar-refractivity contribution in [2.45, 2.75) is 32.7 Å². The van der Waals surface area contributed by atoms with E-state index in [0.29, 0.717) is 0 Å². The number of carbonyl (C=O) groups is 3. The van der Waals surface area contributed by atoms with Crippen molar-refractivity contribution in [1.82, 2.24) is 10.6 Å². The lowest BCUT2D eigenvalue weighted by atomic mass is 10.0. The third kappa shape index (κ3) is 6.39. The third-order valence-electron chi connectivity index (χ3n) is 3.13. The highest BCUT2D eigenvalue weighted by atomic mass is 16.5. The molecule has 0 aliphatic carbocycles. The van der Waals surface area contributed by atoms with Gasteiger partial charge in [-0.2, -0.15) is 0 Å². The summed E-state index contributed by atoms with van der Waals surface area (Å²) in [5.74, 6) is -0.812. The Morgan fingerprint density at radius 2 is 1.82 bits per heavy atom. The van der Waals surface area contributed by atoms with Crippen LogP contribution >= 0.6 is 0 Å². The minimum atomic E-state index is -0.392. The number of nitrogens with one attached hydrogen (secondary N) is 2. The van der Waals surface area contributed by atoms with Gasteiger partial charge >= 0.3 is 5.97 Å². The number of rotatable bonds is 7. The summed E-state index contributed by atoms with van der Waals surface area (Å²) >= 11 is 0. The number of hydrogen-bond donors (Lipinski definition) is 2. The summed E-state index contributed by atoms with van der Waals surface area (Å²) in [5.41, 5.74) is 1.97. The van der Waals surface area contributed by atoms with Crippen LogP contribution in [0.2, 0.25) is 0 Å². The maximum absolute atomic E-state index is 11.9. The summed E-state index contributed by atoms with van der Waals surface area (Å²) in [6, 6.07) is 7.24. The minimum Gasteiger partial charge on any atom is -0.469 e. The van der Waals surface area contributed by atoms with E-state index in [4.69, 9.17) is 0 Å². The normalized spacial score (nSPS) is 11.4. The summed E-state index contributed by atoms with van der Waals surface area (Å²) < 4.78 is 4.50. The molecular formula is C16H22N2O4. The van der Waals surface area contributed by atoms with E-state index in [0.717, 1.165) is 11.1 Å². The highest BCUT2D eigenvalue weighted by Gasteiger charge is 2.17. The standard InChI is InChI=1S/C16H22N2O4/c1-11-4-6-13(7-5-11)14(18-12(2)19)10-15(20)17-9-8-16(21)22-3/h4-7,14H,8-10H2,1-3H3,(H,17,20)(H,18,19). The molecule has 0 aliphatic rings. The molecule has 2 N–H and O–H groups in total. The number of carbonyl (C=O) groups excluding carboxylic acids is 3. The molecule has 1 unspecified atom stereocenters. The van der Waals surface area contributed by atoms with Gasteiger partial charge in [-0.25, -0.2) is 0 Å². The van der Waals surface area contributed by atoms with Crippen molar-refractivity contribution >= 4 is 17.8 Å². The van der Waals surface area contributed by atoms with Crippen molar-refractivity contribution in [2.24, 2.45) is 0 Å². The van der Waals surface area contributed by atoms with Crippen LogP contribution in [0.5, 0.6) is 0 Å². The molecule has 0 aromatic heterocycles. The molecule has 1 aromatic carbocycles. The first kappa shape index (κ1) is 17.7. The zero-order chi connectivity index (χ0) is 16.5. The summed E-state index contributed by atoms with van der Waals surface area (Å²) in [7, 11) is 1.30. The average Bonchev–Trinajstić information content (AvgIpc) is 2.46. The zero-order valence-corrected chi connectivity index (χ0v) is 13.1. The maximum Gasteiger partial charge on any atom is 0.307 e. The van der Waals surface area contributed by atoms with E-state index in [2.05, 4.69) is 15.4 Å². The molecule has 1 rings (SSSR count). The van der Waals surface area contributed by atoms with Gasteiger partial charge in [0.05, 0.1) is 26.0 Å². The minimum absolute atomic E-state index is 0.115. The van der Waals surface area contributed by atoms with Crippen molar-refractivity contribution in [3.8, 4) is 0 Å². The number of esters is 1. The van der Waals surface area contributed by atoms with E-state index in [1.165, 1.54) is 14.0 Å². The van der Waals surface area contributed by atoms with Gasteiger partial charge in [0.1, 0.15) is 0 Å². The maximum atomic E-state index is 11.9. The number of ether oxygens (including phenoxy) is 1. The van der Waals surface area contributed by atoms with E-state index in [9.17, 15) is 14.4 Å². The van der Waals surface area contributed by atoms with Crippen LogP contribution in [-0.4, -0.2) is 31.4 Å². The Bertz CT molecular complexity index is 525. The molecule has 0 fully saturated rings. The molecule has 6 nitrogen and oxygen atoms in total. The second kappa shape index (κ2) is 8.81. The smallest absolute Gasteiger partial charge is 0.307 e. The van der Waals surface area contributed by atoms with Gasteiger partial charge in [0.2, 0.25) is 11.8 Å². The molecule has 0 saturated heterocycles. The molecule has 0 spiro atoms. The summed E-state index contributed by atoms with van der Waals surface area (Å²) in [5, 5.41) is 5.41. The van der Waals surface area contributed by atoms with Gasteiger partial charge in [0.15, 0.2) is 0 Å². The van der Waals surface area contributed by atoms with Crippen LogP contribution in [0.15, 0.2) is 24.3 Å². The Hall–Kier alpha value is -2.37. The van der Waals surface area contributed by atoms with Gasteiger partial charge in [0, 0.05) is 13.5 Å². The van der Waals surface area contributed by atoms with Gasteiger partial charge in [-0.1, -0.05) is 29.8 Å². The molecular weight excluding hydrogens is 284 g/mol. The van der Waals surface area contributed by atoms with Gasteiger partial charge < -0.3 is 15.4 Å². The van der Waals surface area contributed by atoms with Crippen LogP contribution in [0.1, 0.15) is 36.9 Å². The molecule has 0 saturated carbocycles. The van der Waals surface area contributed by atoms with Crippen molar-refractivity contribution in [3.05, 3.63) is 35.4 Å². The molecule has 0 radical (unpaired) electrons. The molecule has 1 atom stereocenters. The van der Waals surface area contributed by atoms with Crippen molar-refractivity contribution in [1.29, 1.82) is 0 Å². The van der Waals surface area contributed by atoms with Crippen molar-refractivity contribution in [2.75, 3.05) is 13.7 Å². The number of hydrogen-bond acceptors (Lipinski definition) is 4. The summed E-state index contributed by atoms with van der Waals surface area (Å²) in [6.45, 7) is 3.60. The van der Waals surface area contributed by atoms with Crippen LogP contribution in [0.4, 0.5) is 0 Å². The Labute approximate surface area is 130 Å². The largest absolute Gasteiger partial charge is 0.469 e. The van der Waals surface area contributed by atoms with E-state index < -0.39 is 6.04 Å². The fraction of sp³-hybridized carbons (Fsp3) is 0.438. The fourth-order valence-electron chi connectivity index (χ4n) is 1.96. The van der Waals surface area contributed by atoms with Crippen LogP contribution in [-0.2, 0) is 19.1 Å². The first-order valence-electron chi connectivity index (χ1n) is 7.09. The van der Waals surface area contributed by atoms with Crippen LogP contribution in [0.3, 0.4) is 0 Å². The first-order chi connectivity index (χ1) is 10.4. The van der Waals surface area contributed by atoms with E-state index in [1.54, 1.807) is 0 Å².